The van der Waals surface area contributed by atoms with Crippen molar-refractivity contribution in [2.45, 2.75) is 19.8 Å². The zero-order valence-electron chi connectivity index (χ0n) is 14.2. The van der Waals surface area contributed by atoms with Crippen LogP contribution in [0, 0.1) is 10.1 Å². The fraction of sp³-hybridized carbons (Fsp3) is 0.167. The molecule has 0 aliphatic heterocycles. The number of rotatable bonds is 5. The van der Waals surface area contributed by atoms with Crippen molar-refractivity contribution in [1.82, 2.24) is 10.2 Å². The molecular weight excluding hydrogens is 336 g/mol. The quantitative estimate of drug-likeness (QED) is 0.548. The van der Waals surface area contributed by atoms with E-state index >= 15 is 0 Å². The first-order valence-corrected chi connectivity index (χ1v) is 7.93. The standard InChI is InChI=1S/C18H16N4O4/c1-11(2)12-3-5-14(6-4-12)17-20-21-18(26-17)19-16(23)13-7-9-15(10-8-13)22(24)25/h3-11H,1-2H3,(H,19,21,23). The Bertz CT molecular complexity index is 931. The van der Waals surface area contributed by atoms with Gasteiger partial charge in [0.1, 0.15) is 0 Å². The summed E-state index contributed by atoms with van der Waals surface area (Å²) in [5.74, 6) is 0.216. The average molecular weight is 352 g/mol. The van der Waals surface area contributed by atoms with Crippen LogP contribution in [0.4, 0.5) is 11.7 Å². The highest BCUT2D eigenvalue weighted by Gasteiger charge is 2.14. The number of carbonyl (C=O) groups is 1. The van der Waals surface area contributed by atoms with Crippen LogP contribution in [0.2, 0.25) is 0 Å². The summed E-state index contributed by atoms with van der Waals surface area (Å²) < 4.78 is 5.46. The van der Waals surface area contributed by atoms with Crippen molar-refractivity contribution in [1.29, 1.82) is 0 Å². The monoisotopic (exact) mass is 352 g/mol. The highest BCUT2D eigenvalue weighted by molar-refractivity contribution is 6.03. The molecule has 0 radical (unpaired) electrons. The van der Waals surface area contributed by atoms with E-state index in [9.17, 15) is 14.9 Å². The fourth-order valence-corrected chi connectivity index (χ4v) is 2.30. The molecule has 2 aromatic carbocycles. The molecule has 8 heteroatoms. The molecule has 0 unspecified atom stereocenters. The van der Waals surface area contributed by atoms with Crippen LogP contribution in [0.1, 0.15) is 35.7 Å². The van der Waals surface area contributed by atoms with E-state index < -0.39 is 10.8 Å². The van der Waals surface area contributed by atoms with Gasteiger partial charge in [0, 0.05) is 23.3 Å². The maximum atomic E-state index is 12.2. The van der Waals surface area contributed by atoms with Gasteiger partial charge in [-0.25, -0.2) is 0 Å². The van der Waals surface area contributed by atoms with Gasteiger partial charge < -0.3 is 4.42 Å². The molecule has 0 fully saturated rings. The van der Waals surface area contributed by atoms with Gasteiger partial charge in [-0.05, 0) is 35.7 Å². The number of hydrogen-bond acceptors (Lipinski definition) is 6. The number of anilines is 1. The second-order valence-electron chi connectivity index (χ2n) is 5.95. The highest BCUT2D eigenvalue weighted by atomic mass is 16.6. The molecule has 0 atom stereocenters. The van der Waals surface area contributed by atoms with Gasteiger partial charge in [0.15, 0.2) is 0 Å². The number of amides is 1. The van der Waals surface area contributed by atoms with Crippen molar-refractivity contribution in [3.05, 3.63) is 69.8 Å². The van der Waals surface area contributed by atoms with Crippen molar-refractivity contribution in [3.63, 3.8) is 0 Å². The number of nitrogens with zero attached hydrogens (tertiary/aromatic N) is 3. The molecule has 1 N–H and O–H groups in total. The Morgan fingerprint density at radius 3 is 2.31 bits per heavy atom. The van der Waals surface area contributed by atoms with Gasteiger partial charge >= 0.3 is 6.01 Å². The number of non-ortho nitro benzene ring substituents is 1. The summed E-state index contributed by atoms with van der Waals surface area (Å²) in [6, 6.07) is 12.9. The van der Waals surface area contributed by atoms with Crippen LogP contribution in [0.5, 0.6) is 0 Å². The van der Waals surface area contributed by atoms with E-state index in [4.69, 9.17) is 4.42 Å². The largest absolute Gasteiger partial charge is 0.403 e. The van der Waals surface area contributed by atoms with Crippen LogP contribution in [0.25, 0.3) is 11.5 Å². The van der Waals surface area contributed by atoms with E-state index in [-0.39, 0.29) is 17.3 Å². The first kappa shape index (κ1) is 17.3. The molecule has 0 aliphatic carbocycles. The predicted octanol–water partition coefficient (Wildman–Crippen LogP) is 4.02. The molecule has 132 valence electrons. The number of nitrogens with one attached hydrogen (secondary N) is 1. The molecule has 1 heterocycles. The minimum absolute atomic E-state index is 0.0451. The maximum Gasteiger partial charge on any atom is 0.322 e. The Kier molecular flexibility index (Phi) is 4.74. The third-order valence-electron chi connectivity index (χ3n) is 3.81. The van der Waals surface area contributed by atoms with E-state index in [1.165, 1.54) is 29.8 Å². The first-order valence-electron chi connectivity index (χ1n) is 7.93. The van der Waals surface area contributed by atoms with E-state index in [0.717, 1.165) is 5.56 Å². The fourth-order valence-electron chi connectivity index (χ4n) is 2.30. The van der Waals surface area contributed by atoms with Gasteiger partial charge in [0.2, 0.25) is 5.89 Å². The number of carbonyl (C=O) groups excluding carboxylic acids is 1. The molecule has 8 nitrogen and oxygen atoms in total. The van der Waals surface area contributed by atoms with E-state index in [1.54, 1.807) is 0 Å². The summed E-state index contributed by atoms with van der Waals surface area (Å²) in [5.41, 5.74) is 2.10. The lowest BCUT2D eigenvalue weighted by Gasteiger charge is -2.04. The van der Waals surface area contributed by atoms with Gasteiger partial charge in [-0.1, -0.05) is 31.1 Å². The van der Waals surface area contributed by atoms with Crippen molar-refractivity contribution >= 4 is 17.6 Å². The normalized spacial score (nSPS) is 10.7. The molecule has 1 aromatic heterocycles. The van der Waals surface area contributed by atoms with Crippen LogP contribution in [-0.2, 0) is 0 Å². The summed E-state index contributed by atoms with van der Waals surface area (Å²) in [5, 5.41) is 20.8. The average Bonchev–Trinajstić information content (AvgIpc) is 3.10. The van der Waals surface area contributed by atoms with Crippen LogP contribution in [-0.4, -0.2) is 21.0 Å². The Labute approximate surface area is 149 Å². The van der Waals surface area contributed by atoms with E-state index in [2.05, 4.69) is 29.4 Å². The predicted molar refractivity (Wildman–Crippen MR) is 94.9 cm³/mol. The van der Waals surface area contributed by atoms with Gasteiger partial charge in [0.05, 0.1) is 4.92 Å². The maximum absolute atomic E-state index is 12.2. The topological polar surface area (TPSA) is 111 Å². The second-order valence-corrected chi connectivity index (χ2v) is 5.95. The summed E-state index contributed by atoms with van der Waals surface area (Å²) in [6.45, 7) is 4.21. The van der Waals surface area contributed by atoms with Gasteiger partial charge in [0.25, 0.3) is 11.6 Å². The summed E-state index contributed by atoms with van der Waals surface area (Å²) in [4.78, 5) is 22.3. The Morgan fingerprint density at radius 1 is 1.08 bits per heavy atom. The zero-order valence-corrected chi connectivity index (χ0v) is 14.2. The lowest BCUT2D eigenvalue weighted by atomic mass is 10.0. The van der Waals surface area contributed by atoms with Crippen molar-refractivity contribution in [2.24, 2.45) is 0 Å². The van der Waals surface area contributed by atoms with Crippen molar-refractivity contribution < 1.29 is 14.1 Å². The lowest BCUT2D eigenvalue weighted by Crippen LogP contribution is -2.12. The molecule has 1 amide bonds. The molecule has 26 heavy (non-hydrogen) atoms. The number of nitro benzene ring substituents is 1. The molecular formula is C18H16N4O4. The number of aromatic nitrogens is 2. The third kappa shape index (κ3) is 3.75. The number of nitro groups is 1. The van der Waals surface area contributed by atoms with Gasteiger partial charge in [-0.3, -0.25) is 20.2 Å². The van der Waals surface area contributed by atoms with Gasteiger partial charge in [-0.2, -0.15) is 0 Å². The first-order chi connectivity index (χ1) is 12.4. The molecule has 3 aromatic rings. The van der Waals surface area contributed by atoms with Crippen molar-refractivity contribution in [3.8, 4) is 11.5 Å². The van der Waals surface area contributed by atoms with Crippen LogP contribution in [0.15, 0.2) is 52.9 Å². The number of hydrogen-bond donors (Lipinski definition) is 1. The third-order valence-corrected chi connectivity index (χ3v) is 3.81. The SMILES string of the molecule is CC(C)c1ccc(-c2nnc(NC(=O)c3ccc([N+](=O)[O-])cc3)o2)cc1. The second kappa shape index (κ2) is 7.14. The zero-order chi connectivity index (χ0) is 18.7. The minimum Gasteiger partial charge on any atom is -0.403 e. The van der Waals surface area contributed by atoms with Crippen LogP contribution >= 0.6 is 0 Å². The summed E-state index contributed by atoms with van der Waals surface area (Å²) in [6.07, 6.45) is 0. The minimum atomic E-state index is -0.531. The van der Waals surface area contributed by atoms with E-state index in [0.29, 0.717) is 11.8 Å². The summed E-state index contributed by atoms with van der Waals surface area (Å²) >= 11 is 0. The van der Waals surface area contributed by atoms with Crippen LogP contribution in [0.3, 0.4) is 0 Å². The number of benzene rings is 2. The highest BCUT2D eigenvalue weighted by Crippen LogP contribution is 2.23. The molecule has 3 rings (SSSR count). The molecule has 0 spiro atoms. The van der Waals surface area contributed by atoms with E-state index in [1.807, 2.05) is 24.3 Å². The molecule has 0 saturated carbocycles. The Balaban J connectivity index is 1.71. The van der Waals surface area contributed by atoms with Gasteiger partial charge in [-0.15, -0.1) is 5.10 Å². The smallest absolute Gasteiger partial charge is 0.322 e. The Morgan fingerprint density at radius 2 is 1.73 bits per heavy atom. The van der Waals surface area contributed by atoms with Crippen molar-refractivity contribution in [2.75, 3.05) is 5.32 Å². The molecule has 0 aliphatic rings. The molecule has 0 bridgehead atoms. The Hall–Kier alpha value is -3.55. The molecule has 0 saturated heterocycles. The lowest BCUT2D eigenvalue weighted by molar-refractivity contribution is -0.384. The summed E-state index contributed by atoms with van der Waals surface area (Å²) in [7, 11) is 0. The van der Waals surface area contributed by atoms with Crippen LogP contribution < -0.4 is 5.32 Å².